The zero-order chi connectivity index (χ0) is 15.5. The van der Waals surface area contributed by atoms with Crippen molar-refractivity contribution in [3.8, 4) is 11.5 Å². The minimum atomic E-state index is -4.51. The Morgan fingerprint density at radius 1 is 1.14 bits per heavy atom. The van der Waals surface area contributed by atoms with E-state index in [4.69, 9.17) is 16.3 Å². The number of hydrogen-bond donors (Lipinski definition) is 0. The Bertz CT molecular complexity index is 611. The third-order valence-corrected chi connectivity index (χ3v) is 3.11. The molecule has 0 atom stereocenters. The summed E-state index contributed by atoms with van der Waals surface area (Å²) < 4.78 is 43.6. The van der Waals surface area contributed by atoms with Gasteiger partial charge in [0, 0.05) is 5.69 Å². The van der Waals surface area contributed by atoms with Crippen molar-refractivity contribution < 1.29 is 17.9 Å². The maximum absolute atomic E-state index is 12.8. The molecule has 1 heterocycles. The molecule has 2 aromatic rings. The van der Waals surface area contributed by atoms with Gasteiger partial charge in [0.1, 0.15) is 11.5 Å². The van der Waals surface area contributed by atoms with Gasteiger partial charge in [-0.25, -0.2) is 0 Å². The summed E-state index contributed by atoms with van der Waals surface area (Å²) in [6, 6.07) is 6.90. The molecule has 0 spiro atoms. The lowest BCUT2D eigenvalue weighted by molar-refractivity contribution is -0.137. The molecule has 6 heteroatoms. The van der Waals surface area contributed by atoms with Crippen molar-refractivity contribution in [3.05, 3.63) is 52.8 Å². The van der Waals surface area contributed by atoms with Crippen molar-refractivity contribution in [2.45, 2.75) is 25.9 Å². The summed E-state index contributed by atoms with van der Waals surface area (Å²) in [7, 11) is 0. The fraction of sp³-hybridized carbons (Fsp3) is 0.267. The van der Waals surface area contributed by atoms with Crippen LogP contribution in [0.5, 0.6) is 11.5 Å². The summed E-state index contributed by atoms with van der Waals surface area (Å²) in [5, 5.41) is -0.355. The van der Waals surface area contributed by atoms with Crippen molar-refractivity contribution in [3.63, 3.8) is 0 Å². The van der Waals surface area contributed by atoms with E-state index in [9.17, 15) is 13.2 Å². The molecule has 0 fully saturated rings. The zero-order valence-corrected chi connectivity index (χ0v) is 12.0. The molecule has 0 amide bonds. The van der Waals surface area contributed by atoms with Crippen LogP contribution in [0.1, 0.15) is 24.6 Å². The smallest absolute Gasteiger partial charge is 0.417 e. The first-order valence-electron chi connectivity index (χ1n) is 6.39. The lowest BCUT2D eigenvalue weighted by atomic mass is 10.2. The Morgan fingerprint density at radius 2 is 1.86 bits per heavy atom. The quantitative estimate of drug-likeness (QED) is 0.743. The summed E-state index contributed by atoms with van der Waals surface area (Å²) in [4.78, 5) is 4.18. The molecule has 0 aliphatic heterocycles. The lowest BCUT2D eigenvalue weighted by Gasteiger charge is -2.11. The van der Waals surface area contributed by atoms with Gasteiger partial charge in [0.25, 0.3) is 0 Å². The fourth-order valence-corrected chi connectivity index (χ4v) is 2.02. The van der Waals surface area contributed by atoms with E-state index in [0.29, 0.717) is 5.75 Å². The van der Waals surface area contributed by atoms with Crippen LogP contribution in [0.3, 0.4) is 0 Å². The van der Waals surface area contributed by atoms with E-state index in [1.807, 2.05) is 6.92 Å². The molecule has 0 N–H and O–H groups in total. The molecule has 0 saturated heterocycles. The van der Waals surface area contributed by atoms with Crippen molar-refractivity contribution in [1.29, 1.82) is 0 Å². The molecular weight excluding hydrogens is 303 g/mol. The van der Waals surface area contributed by atoms with Crippen molar-refractivity contribution in [2.24, 2.45) is 0 Å². The first kappa shape index (κ1) is 15.6. The normalized spacial score (nSPS) is 11.5. The Balaban J connectivity index is 2.20. The van der Waals surface area contributed by atoms with Crippen molar-refractivity contribution in [1.82, 2.24) is 4.98 Å². The average molecular weight is 316 g/mol. The number of aromatic nitrogens is 1. The highest BCUT2D eigenvalue weighted by molar-refractivity contribution is 6.31. The molecule has 0 bridgehead atoms. The van der Waals surface area contributed by atoms with Crippen LogP contribution in [0.4, 0.5) is 13.2 Å². The number of halogens is 4. The maximum Gasteiger partial charge on any atom is 0.417 e. The largest absolute Gasteiger partial charge is 0.456 e. The Morgan fingerprint density at radius 3 is 2.43 bits per heavy atom. The second kappa shape index (κ2) is 6.35. The van der Waals surface area contributed by atoms with Gasteiger partial charge in [0.2, 0.25) is 0 Å². The monoisotopic (exact) mass is 315 g/mol. The minimum Gasteiger partial charge on any atom is -0.456 e. The van der Waals surface area contributed by atoms with E-state index in [1.54, 1.807) is 12.1 Å². The predicted octanol–water partition coefficient (Wildman–Crippen LogP) is 5.50. The summed E-state index contributed by atoms with van der Waals surface area (Å²) in [6.45, 7) is 2.04. The molecule has 2 nitrogen and oxygen atoms in total. The summed E-state index contributed by atoms with van der Waals surface area (Å²) in [5.74, 6) is 0.446. The van der Waals surface area contributed by atoms with Gasteiger partial charge in [0.05, 0.1) is 16.8 Å². The third kappa shape index (κ3) is 4.11. The highest BCUT2D eigenvalue weighted by Crippen LogP contribution is 2.37. The van der Waals surface area contributed by atoms with Gasteiger partial charge in [-0.15, -0.1) is 0 Å². The maximum atomic E-state index is 12.8. The third-order valence-electron chi connectivity index (χ3n) is 2.78. The van der Waals surface area contributed by atoms with Gasteiger partial charge in [-0.1, -0.05) is 24.9 Å². The number of hydrogen-bond acceptors (Lipinski definition) is 2. The molecule has 0 saturated carbocycles. The first-order chi connectivity index (χ1) is 9.90. The number of benzene rings is 1. The number of ether oxygens (including phenoxy) is 1. The number of nitrogens with zero attached hydrogens (tertiary/aromatic N) is 1. The van der Waals surface area contributed by atoms with Crippen LogP contribution in [-0.2, 0) is 12.6 Å². The van der Waals surface area contributed by atoms with E-state index in [0.717, 1.165) is 24.6 Å². The van der Waals surface area contributed by atoms with Crippen LogP contribution in [0, 0.1) is 0 Å². The van der Waals surface area contributed by atoms with E-state index >= 15 is 0 Å². The highest BCUT2D eigenvalue weighted by atomic mass is 35.5. The second-order valence-corrected chi connectivity index (χ2v) is 4.88. The topological polar surface area (TPSA) is 22.1 Å². The molecule has 0 aliphatic carbocycles. The molecule has 0 unspecified atom stereocenters. The van der Waals surface area contributed by atoms with Gasteiger partial charge in [-0.3, -0.25) is 4.98 Å². The van der Waals surface area contributed by atoms with Crippen LogP contribution in [0.25, 0.3) is 0 Å². The molecule has 1 aromatic carbocycles. The molecule has 112 valence electrons. The average Bonchev–Trinajstić information content (AvgIpc) is 2.42. The second-order valence-electron chi connectivity index (χ2n) is 4.48. The predicted molar refractivity (Wildman–Crippen MR) is 74.8 cm³/mol. The van der Waals surface area contributed by atoms with Gasteiger partial charge in [-0.05, 0) is 36.8 Å². The van der Waals surface area contributed by atoms with E-state index in [1.165, 1.54) is 18.3 Å². The zero-order valence-electron chi connectivity index (χ0n) is 11.2. The lowest BCUT2D eigenvalue weighted by Crippen LogP contribution is -2.05. The van der Waals surface area contributed by atoms with Crippen LogP contribution < -0.4 is 4.74 Å². The fourth-order valence-electron chi connectivity index (χ4n) is 1.80. The number of rotatable bonds is 4. The Kier molecular flexibility index (Phi) is 4.73. The number of alkyl halides is 3. The molecule has 0 aliphatic rings. The van der Waals surface area contributed by atoms with Crippen molar-refractivity contribution >= 4 is 11.6 Å². The summed E-state index contributed by atoms with van der Waals surface area (Å²) in [5.41, 5.74) is -0.00540. The van der Waals surface area contributed by atoms with Gasteiger partial charge < -0.3 is 4.74 Å². The summed E-state index contributed by atoms with van der Waals surface area (Å²) in [6.07, 6.45) is -1.20. The molecule has 21 heavy (non-hydrogen) atoms. The van der Waals surface area contributed by atoms with E-state index < -0.39 is 11.7 Å². The highest BCUT2D eigenvalue weighted by Gasteiger charge is 2.33. The Labute approximate surface area is 125 Å². The standard InChI is InChI=1S/C15H13ClF3NO/c1-2-3-10-4-5-12(9-20-10)21-11-6-7-14(16)13(8-11)15(17,18)19/h4-9H,2-3H2,1H3. The molecule has 1 aromatic heterocycles. The van der Waals surface area contributed by atoms with Gasteiger partial charge >= 0.3 is 6.18 Å². The first-order valence-corrected chi connectivity index (χ1v) is 6.77. The molecule has 0 radical (unpaired) electrons. The van der Waals surface area contributed by atoms with Crippen LogP contribution in [0.2, 0.25) is 5.02 Å². The van der Waals surface area contributed by atoms with Crippen LogP contribution >= 0.6 is 11.6 Å². The number of pyridine rings is 1. The molecule has 2 rings (SSSR count). The summed E-state index contributed by atoms with van der Waals surface area (Å²) >= 11 is 5.55. The van der Waals surface area contributed by atoms with E-state index in [-0.39, 0.29) is 10.8 Å². The minimum absolute atomic E-state index is 0.0665. The number of aryl methyl sites for hydroxylation is 1. The SMILES string of the molecule is CCCc1ccc(Oc2ccc(Cl)c(C(F)(F)F)c2)cn1. The van der Waals surface area contributed by atoms with Gasteiger partial charge in [-0.2, -0.15) is 13.2 Å². The van der Waals surface area contributed by atoms with Gasteiger partial charge in [0.15, 0.2) is 0 Å². The molecular formula is C15H13ClF3NO. The Hall–Kier alpha value is -1.75. The van der Waals surface area contributed by atoms with Crippen molar-refractivity contribution in [2.75, 3.05) is 0 Å². The van der Waals surface area contributed by atoms with E-state index in [2.05, 4.69) is 4.98 Å². The van der Waals surface area contributed by atoms with Crippen LogP contribution in [-0.4, -0.2) is 4.98 Å². The van der Waals surface area contributed by atoms with Crippen LogP contribution in [0.15, 0.2) is 36.5 Å².